The average Bonchev–Trinajstić information content (AvgIpc) is 3.55. The number of hydroxylamine groups is 1. The number of alkyl halides is 3. The summed E-state index contributed by atoms with van der Waals surface area (Å²) in [6.07, 6.45) is -0.873. The number of nitrogens with one attached hydrogen (secondary N) is 3. The van der Waals surface area contributed by atoms with Gasteiger partial charge >= 0.3 is 6.18 Å². The zero-order valence-corrected chi connectivity index (χ0v) is 24.8. The second kappa shape index (κ2) is 13.8. The first-order valence-electron chi connectivity index (χ1n) is 14.1. The number of benzene rings is 2. The third-order valence-electron chi connectivity index (χ3n) is 7.39. The molecule has 0 radical (unpaired) electrons. The third kappa shape index (κ3) is 7.18. The minimum atomic E-state index is -4.79. The van der Waals surface area contributed by atoms with Crippen molar-refractivity contribution >= 4 is 35.0 Å². The topological polar surface area (TPSA) is 156 Å². The van der Waals surface area contributed by atoms with Crippen LogP contribution in [0.2, 0.25) is 0 Å². The quantitative estimate of drug-likeness (QED) is 0.184. The number of amides is 2. The zero-order chi connectivity index (χ0) is 32.8. The summed E-state index contributed by atoms with van der Waals surface area (Å²) in [5, 5.41) is 19.3. The molecule has 1 fully saturated rings. The Morgan fingerprint density at radius 1 is 1.04 bits per heavy atom. The second-order valence-corrected chi connectivity index (χ2v) is 10.3. The van der Waals surface area contributed by atoms with E-state index in [0.717, 1.165) is 5.56 Å². The zero-order valence-electron chi connectivity index (χ0n) is 24.8. The van der Waals surface area contributed by atoms with Crippen LogP contribution in [0.5, 0.6) is 5.75 Å². The molecule has 1 aliphatic rings. The largest absolute Gasteiger partial charge is 0.495 e. The molecule has 13 nitrogen and oxygen atoms in total. The number of para-hydroxylation sites is 1. The number of aliphatic hydroxyl groups is 1. The van der Waals surface area contributed by atoms with Crippen LogP contribution in [0, 0.1) is 0 Å². The Morgan fingerprint density at radius 2 is 1.80 bits per heavy atom. The van der Waals surface area contributed by atoms with E-state index in [0.29, 0.717) is 49.3 Å². The molecule has 0 aliphatic carbocycles. The SMILES string of the molecule is CONC(=O)c1ccccc1Nc1nc(Nc2ccc(-c3ccn(C4CCN(C(=O)CO)CC4)n3)cc2OC)ncc1C(F)(F)F. The van der Waals surface area contributed by atoms with E-state index < -0.39 is 30.1 Å². The van der Waals surface area contributed by atoms with Gasteiger partial charge in [-0.3, -0.25) is 19.1 Å². The maximum absolute atomic E-state index is 13.9. The summed E-state index contributed by atoms with van der Waals surface area (Å²) in [6, 6.07) is 13.1. The highest BCUT2D eigenvalue weighted by molar-refractivity contribution is 5.99. The Morgan fingerprint density at radius 3 is 2.50 bits per heavy atom. The lowest BCUT2D eigenvalue weighted by Gasteiger charge is -2.31. The molecule has 1 saturated heterocycles. The Hall–Kier alpha value is -5.22. The van der Waals surface area contributed by atoms with Crippen molar-refractivity contribution in [1.82, 2.24) is 30.1 Å². The molecule has 0 spiro atoms. The number of rotatable bonds is 10. The average molecular weight is 641 g/mol. The minimum Gasteiger partial charge on any atom is -0.495 e. The fourth-order valence-corrected chi connectivity index (χ4v) is 5.06. The Labute approximate surface area is 261 Å². The van der Waals surface area contributed by atoms with Crippen molar-refractivity contribution in [3.63, 3.8) is 0 Å². The highest BCUT2D eigenvalue weighted by Gasteiger charge is 2.36. The Kier molecular flexibility index (Phi) is 9.67. The van der Waals surface area contributed by atoms with Crippen LogP contribution < -0.4 is 20.9 Å². The molecule has 4 aromatic rings. The van der Waals surface area contributed by atoms with Gasteiger partial charge in [0.1, 0.15) is 23.7 Å². The van der Waals surface area contributed by atoms with Gasteiger partial charge in [0.2, 0.25) is 11.9 Å². The predicted molar refractivity (Wildman–Crippen MR) is 161 cm³/mol. The van der Waals surface area contributed by atoms with Crippen molar-refractivity contribution in [3.8, 4) is 17.0 Å². The van der Waals surface area contributed by atoms with Crippen molar-refractivity contribution in [2.45, 2.75) is 25.1 Å². The summed E-state index contributed by atoms with van der Waals surface area (Å²) < 4.78 is 49.1. The molecule has 0 atom stereocenters. The number of ether oxygens (including phenoxy) is 1. The molecule has 46 heavy (non-hydrogen) atoms. The molecule has 2 aromatic carbocycles. The number of carbonyl (C=O) groups excluding carboxylic acids is 2. The summed E-state index contributed by atoms with van der Waals surface area (Å²) in [5.41, 5.74) is 2.90. The number of aromatic nitrogens is 4. The Bertz CT molecular complexity index is 1710. The molecule has 242 valence electrons. The van der Waals surface area contributed by atoms with Crippen LogP contribution in [0.3, 0.4) is 0 Å². The van der Waals surface area contributed by atoms with E-state index in [9.17, 15) is 22.8 Å². The van der Waals surface area contributed by atoms with Crippen LogP contribution in [-0.4, -0.2) is 75.5 Å². The molecule has 0 unspecified atom stereocenters. The van der Waals surface area contributed by atoms with Crippen LogP contribution in [0.1, 0.15) is 34.8 Å². The smallest absolute Gasteiger partial charge is 0.421 e. The molecule has 2 amide bonds. The number of aliphatic hydroxyl groups excluding tert-OH is 1. The molecule has 4 N–H and O–H groups in total. The first kappa shape index (κ1) is 32.2. The van der Waals surface area contributed by atoms with Gasteiger partial charge in [-0.15, -0.1) is 0 Å². The summed E-state index contributed by atoms with van der Waals surface area (Å²) in [7, 11) is 2.69. The number of carbonyl (C=O) groups is 2. The van der Waals surface area contributed by atoms with E-state index in [4.69, 9.17) is 14.9 Å². The number of hydrogen-bond donors (Lipinski definition) is 4. The third-order valence-corrected chi connectivity index (χ3v) is 7.39. The molecular weight excluding hydrogens is 609 g/mol. The van der Waals surface area contributed by atoms with Crippen molar-refractivity contribution in [1.29, 1.82) is 0 Å². The lowest BCUT2D eigenvalue weighted by atomic mass is 10.1. The van der Waals surface area contributed by atoms with Crippen LogP contribution in [-0.2, 0) is 15.8 Å². The van der Waals surface area contributed by atoms with Crippen molar-refractivity contribution < 1.29 is 37.4 Å². The van der Waals surface area contributed by atoms with Gasteiger partial charge < -0.3 is 25.4 Å². The van der Waals surface area contributed by atoms with E-state index in [-0.39, 0.29) is 29.1 Å². The highest BCUT2D eigenvalue weighted by atomic mass is 19.4. The maximum Gasteiger partial charge on any atom is 0.421 e. The van der Waals surface area contributed by atoms with Gasteiger partial charge in [-0.2, -0.15) is 23.3 Å². The Balaban J connectivity index is 1.36. The summed E-state index contributed by atoms with van der Waals surface area (Å²) >= 11 is 0. The van der Waals surface area contributed by atoms with Crippen molar-refractivity contribution in [3.05, 3.63) is 72.1 Å². The van der Waals surface area contributed by atoms with E-state index >= 15 is 0 Å². The van der Waals surface area contributed by atoms with Crippen LogP contribution in [0.15, 0.2) is 60.9 Å². The van der Waals surface area contributed by atoms with E-state index in [2.05, 4.69) is 30.9 Å². The van der Waals surface area contributed by atoms with E-state index in [1.807, 2.05) is 16.9 Å². The maximum atomic E-state index is 13.9. The van der Waals surface area contributed by atoms with Crippen LogP contribution in [0.25, 0.3) is 11.3 Å². The van der Waals surface area contributed by atoms with E-state index in [1.54, 1.807) is 35.2 Å². The molecular formula is C30H31F3N8O5. The summed E-state index contributed by atoms with van der Waals surface area (Å²) in [6.45, 7) is 0.564. The number of nitrogens with zero attached hydrogens (tertiary/aromatic N) is 5. The van der Waals surface area contributed by atoms with Gasteiger partial charge in [0.05, 0.1) is 42.9 Å². The lowest BCUT2D eigenvalue weighted by Crippen LogP contribution is -2.40. The van der Waals surface area contributed by atoms with Gasteiger partial charge in [-0.05, 0) is 43.2 Å². The van der Waals surface area contributed by atoms with Gasteiger partial charge in [0.25, 0.3) is 5.91 Å². The molecule has 1 aliphatic heterocycles. The monoisotopic (exact) mass is 640 g/mol. The van der Waals surface area contributed by atoms with Crippen LogP contribution >= 0.6 is 0 Å². The normalized spacial score (nSPS) is 13.7. The predicted octanol–water partition coefficient (Wildman–Crippen LogP) is 4.30. The van der Waals surface area contributed by atoms with Gasteiger partial charge in [0.15, 0.2) is 0 Å². The molecule has 3 heterocycles. The number of anilines is 4. The van der Waals surface area contributed by atoms with Gasteiger partial charge in [0, 0.05) is 31.0 Å². The second-order valence-electron chi connectivity index (χ2n) is 10.3. The van der Waals surface area contributed by atoms with Crippen molar-refractivity contribution in [2.24, 2.45) is 0 Å². The number of piperidine rings is 1. The number of hydrogen-bond acceptors (Lipinski definition) is 10. The summed E-state index contributed by atoms with van der Waals surface area (Å²) in [5.74, 6) is -1.32. The highest BCUT2D eigenvalue weighted by Crippen LogP contribution is 2.37. The van der Waals surface area contributed by atoms with Gasteiger partial charge in [-0.25, -0.2) is 10.5 Å². The first-order valence-corrected chi connectivity index (χ1v) is 14.1. The molecule has 0 saturated carbocycles. The number of methoxy groups -OCH3 is 1. The van der Waals surface area contributed by atoms with E-state index in [1.165, 1.54) is 26.4 Å². The molecule has 2 aromatic heterocycles. The molecule has 16 heteroatoms. The number of likely N-dealkylation sites (tertiary alicyclic amines) is 1. The molecule has 5 rings (SSSR count). The number of halogens is 3. The standard InChI is InChI=1S/C30H31F3N8O5/c1-45-25-15-18(22-11-14-41(38-22)19-9-12-40(13-10-19)26(43)17-42)7-8-24(25)36-29-34-16-21(30(31,32)33)27(37-29)35-23-6-4-3-5-20(23)28(44)39-46-2/h3-8,11,14-16,19,42H,9-10,12-13,17H2,1-2H3,(H,39,44)(H2,34,35,36,37). The minimum absolute atomic E-state index is 0.0348. The van der Waals surface area contributed by atoms with Crippen LogP contribution in [0.4, 0.5) is 36.3 Å². The fourth-order valence-electron chi connectivity index (χ4n) is 5.06. The first-order chi connectivity index (χ1) is 22.1. The van der Waals surface area contributed by atoms with Crippen molar-refractivity contribution in [2.75, 3.05) is 44.5 Å². The summed E-state index contributed by atoms with van der Waals surface area (Å²) in [4.78, 5) is 38.4. The van der Waals surface area contributed by atoms with Gasteiger partial charge in [-0.1, -0.05) is 18.2 Å². The lowest BCUT2D eigenvalue weighted by molar-refractivity contribution is -0.137. The fraction of sp³-hybridized carbons (Fsp3) is 0.300. The molecule has 0 bridgehead atoms.